The maximum absolute atomic E-state index is 13.4. The fourth-order valence-electron chi connectivity index (χ4n) is 4.65. The number of nitro groups is 1. The minimum Gasteiger partial charge on any atom is -0.437 e. The van der Waals surface area contributed by atoms with Crippen molar-refractivity contribution in [3.8, 4) is 23.1 Å². The number of hydrogen-bond donors (Lipinski definition) is 0. The zero-order chi connectivity index (χ0) is 25.1. The van der Waals surface area contributed by atoms with Gasteiger partial charge in [-0.3, -0.25) is 15.1 Å². The lowest BCUT2D eigenvalue weighted by Gasteiger charge is -2.27. The summed E-state index contributed by atoms with van der Waals surface area (Å²) in [5.74, 6) is 0.204. The van der Waals surface area contributed by atoms with Crippen LogP contribution in [0, 0.1) is 10.1 Å². The molecule has 0 saturated carbocycles. The largest absolute Gasteiger partial charge is 0.437 e. The van der Waals surface area contributed by atoms with Gasteiger partial charge in [0.25, 0.3) is 5.69 Å². The second-order valence-corrected chi connectivity index (χ2v) is 8.39. The van der Waals surface area contributed by atoms with Crippen LogP contribution in [-0.4, -0.2) is 29.5 Å². The Hall–Kier alpha value is -5.45. The highest BCUT2D eigenvalue weighted by Gasteiger charge is 2.37. The fourth-order valence-corrected chi connectivity index (χ4v) is 4.65. The molecular weight excluding hydrogens is 476 g/mol. The number of hydrogen-bond acceptors (Lipinski definition) is 9. The van der Waals surface area contributed by atoms with Crippen molar-refractivity contribution in [2.75, 3.05) is 0 Å². The van der Waals surface area contributed by atoms with Gasteiger partial charge in [0.05, 0.1) is 27.4 Å². The van der Waals surface area contributed by atoms with Crippen LogP contribution in [0.2, 0.25) is 0 Å². The molecule has 0 N–H and O–H groups in total. The second kappa shape index (κ2) is 7.78. The van der Waals surface area contributed by atoms with E-state index in [-0.39, 0.29) is 17.1 Å². The average molecular weight is 490 g/mol. The van der Waals surface area contributed by atoms with E-state index in [2.05, 4.69) is 15.1 Å². The highest BCUT2D eigenvalue weighted by atomic mass is 16.6. The van der Waals surface area contributed by atoms with Crippen LogP contribution in [-0.2, 0) is 0 Å². The standard InChI is InChI=1S/C26H14N6O5/c33-26-20-19(14-8-10-15(11-9-14)32(34)35)21-24-29-23(17-6-3-4-12-27-17)30-31(24)13-28-25(21)37-22(20)16-5-1-2-7-18(16)36-26/h1-13,19H. The molecule has 0 bridgehead atoms. The van der Waals surface area contributed by atoms with Gasteiger partial charge < -0.3 is 9.15 Å². The lowest BCUT2D eigenvalue weighted by atomic mass is 9.84. The van der Waals surface area contributed by atoms with Crippen molar-refractivity contribution in [1.82, 2.24) is 24.6 Å². The lowest BCUT2D eigenvalue weighted by molar-refractivity contribution is -0.384. The van der Waals surface area contributed by atoms with E-state index >= 15 is 0 Å². The highest BCUT2D eigenvalue weighted by Crippen LogP contribution is 2.48. The van der Waals surface area contributed by atoms with Crippen molar-refractivity contribution in [2.24, 2.45) is 0 Å². The molecule has 0 spiro atoms. The number of nitrogens with zero attached hydrogens (tertiary/aromatic N) is 6. The van der Waals surface area contributed by atoms with Gasteiger partial charge in [0.1, 0.15) is 17.6 Å². The number of aromatic nitrogens is 5. The predicted molar refractivity (Wildman–Crippen MR) is 131 cm³/mol. The van der Waals surface area contributed by atoms with Crippen molar-refractivity contribution in [2.45, 2.75) is 5.92 Å². The van der Waals surface area contributed by atoms with Crippen LogP contribution in [0.4, 0.5) is 5.69 Å². The summed E-state index contributed by atoms with van der Waals surface area (Å²) in [4.78, 5) is 37.7. The van der Waals surface area contributed by atoms with Crippen molar-refractivity contribution in [3.63, 3.8) is 0 Å². The van der Waals surface area contributed by atoms with Gasteiger partial charge in [-0.2, -0.15) is 0 Å². The van der Waals surface area contributed by atoms with Crippen LogP contribution in [0.15, 0.2) is 88.5 Å². The van der Waals surface area contributed by atoms with E-state index in [1.165, 1.54) is 23.0 Å². The molecule has 7 rings (SSSR count). The molecule has 1 atom stereocenters. The molecule has 5 heterocycles. The first-order valence-electron chi connectivity index (χ1n) is 11.2. The number of rotatable bonds is 3. The van der Waals surface area contributed by atoms with Gasteiger partial charge in [0.15, 0.2) is 11.4 Å². The normalized spacial score (nSPS) is 14.2. The number of ether oxygens (including phenoxy) is 1. The number of fused-ring (bicyclic) bond motifs is 6. The first kappa shape index (κ1) is 20.9. The third kappa shape index (κ3) is 3.18. The lowest BCUT2D eigenvalue weighted by Crippen LogP contribution is -2.22. The monoisotopic (exact) mass is 490 g/mol. The summed E-state index contributed by atoms with van der Waals surface area (Å²) in [6.45, 7) is 0. The molecule has 1 aliphatic heterocycles. The van der Waals surface area contributed by atoms with Crippen LogP contribution < -0.4 is 10.4 Å². The predicted octanol–water partition coefficient (Wildman–Crippen LogP) is 4.49. The van der Waals surface area contributed by atoms with Crippen LogP contribution in [0.25, 0.3) is 28.1 Å². The molecule has 0 fully saturated rings. The molecular formula is C26H14N6O5. The summed E-state index contributed by atoms with van der Waals surface area (Å²) >= 11 is 0. The number of nitro benzene ring substituents is 1. The van der Waals surface area contributed by atoms with E-state index in [0.29, 0.717) is 45.0 Å². The van der Waals surface area contributed by atoms with Gasteiger partial charge in [-0.25, -0.2) is 19.3 Å². The molecule has 2 aromatic carbocycles. The van der Waals surface area contributed by atoms with E-state index in [4.69, 9.17) is 14.1 Å². The topological polar surface area (TPSA) is 139 Å². The molecule has 0 saturated heterocycles. The summed E-state index contributed by atoms with van der Waals surface area (Å²) in [6.07, 6.45) is 3.13. The van der Waals surface area contributed by atoms with Crippen LogP contribution >= 0.6 is 0 Å². The van der Waals surface area contributed by atoms with Crippen molar-refractivity contribution in [1.29, 1.82) is 0 Å². The Morgan fingerprint density at radius 1 is 0.946 bits per heavy atom. The molecule has 11 heteroatoms. The van der Waals surface area contributed by atoms with Crippen molar-refractivity contribution in [3.05, 3.63) is 116 Å². The second-order valence-electron chi connectivity index (χ2n) is 8.39. The van der Waals surface area contributed by atoms with E-state index in [0.717, 1.165) is 0 Å². The van der Waals surface area contributed by atoms with Crippen molar-refractivity contribution >= 4 is 22.3 Å². The summed E-state index contributed by atoms with van der Waals surface area (Å²) in [5, 5.41) is 16.4. The molecule has 6 aromatic rings. The van der Waals surface area contributed by atoms with Crippen LogP contribution in [0.3, 0.4) is 0 Å². The van der Waals surface area contributed by atoms with Crippen molar-refractivity contribution < 1.29 is 14.1 Å². The molecule has 1 aliphatic rings. The zero-order valence-electron chi connectivity index (χ0n) is 18.8. The molecule has 4 aromatic heterocycles. The zero-order valence-corrected chi connectivity index (χ0v) is 18.8. The maximum Gasteiger partial charge on any atom is 0.344 e. The minimum absolute atomic E-state index is 0.0712. The fraction of sp³-hybridized carbons (Fsp3) is 0.0385. The summed E-state index contributed by atoms with van der Waals surface area (Å²) < 4.78 is 13.4. The van der Waals surface area contributed by atoms with E-state index in [1.807, 2.05) is 12.1 Å². The van der Waals surface area contributed by atoms with E-state index in [9.17, 15) is 14.9 Å². The van der Waals surface area contributed by atoms with Gasteiger partial charge in [-0.15, -0.1) is 5.10 Å². The summed E-state index contributed by atoms with van der Waals surface area (Å²) in [7, 11) is 0. The van der Waals surface area contributed by atoms with Gasteiger partial charge >= 0.3 is 5.63 Å². The molecule has 0 amide bonds. The van der Waals surface area contributed by atoms with E-state index in [1.54, 1.807) is 48.7 Å². The highest BCUT2D eigenvalue weighted by molar-refractivity contribution is 5.87. The Morgan fingerprint density at radius 2 is 1.76 bits per heavy atom. The first-order chi connectivity index (χ1) is 18.1. The molecule has 11 nitrogen and oxygen atoms in total. The average Bonchev–Trinajstić information content (AvgIpc) is 3.37. The number of para-hydroxylation sites is 1. The Labute approximate surface area is 206 Å². The summed E-state index contributed by atoms with van der Waals surface area (Å²) in [5.41, 5.74) is 2.03. The molecule has 0 radical (unpaired) electrons. The SMILES string of the molecule is O=c1oc2ccccc2c2c1C(c1ccc([N+](=O)[O-])cc1)c1c(ncn3nc(-c4ccccn4)nc13)O2. The third-order valence-electron chi connectivity index (χ3n) is 6.29. The van der Waals surface area contributed by atoms with Gasteiger partial charge in [0, 0.05) is 18.3 Å². The van der Waals surface area contributed by atoms with Gasteiger partial charge in [-0.05, 0) is 29.8 Å². The minimum atomic E-state index is -0.739. The maximum atomic E-state index is 13.4. The van der Waals surface area contributed by atoms with Gasteiger partial charge in [-0.1, -0.05) is 30.3 Å². The Morgan fingerprint density at radius 3 is 2.54 bits per heavy atom. The quantitative estimate of drug-likeness (QED) is 0.199. The first-order valence-corrected chi connectivity index (χ1v) is 11.2. The van der Waals surface area contributed by atoms with Crippen LogP contribution in [0.1, 0.15) is 22.6 Å². The molecule has 37 heavy (non-hydrogen) atoms. The number of benzene rings is 2. The Balaban J connectivity index is 1.54. The third-order valence-corrected chi connectivity index (χ3v) is 6.29. The smallest absolute Gasteiger partial charge is 0.344 e. The van der Waals surface area contributed by atoms with Gasteiger partial charge in [0.2, 0.25) is 11.7 Å². The van der Waals surface area contributed by atoms with E-state index < -0.39 is 16.5 Å². The number of pyridine rings is 1. The van der Waals surface area contributed by atoms with Crippen LogP contribution in [0.5, 0.6) is 11.6 Å². The summed E-state index contributed by atoms with van der Waals surface area (Å²) in [6, 6.07) is 18.5. The Bertz CT molecular complexity index is 1910. The Kier molecular flexibility index (Phi) is 4.39. The molecule has 1 unspecified atom stereocenters. The number of non-ortho nitro benzene ring substituents is 1. The molecule has 0 aliphatic carbocycles. The molecule has 178 valence electrons.